The minimum absolute atomic E-state index is 0.00702. The minimum atomic E-state index is -0.225. The van der Waals surface area contributed by atoms with Crippen LogP contribution in [0.4, 0.5) is 5.69 Å². The van der Waals surface area contributed by atoms with Crippen molar-refractivity contribution in [2.75, 3.05) is 24.6 Å². The molecule has 118 valence electrons. The fraction of sp³-hybridized carbons (Fsp3) is 0.467. The molecule has 22 heavy (non-hydrogen) atoms. The third-order valence-electron chi connectivity index (χ3n) is 3.93. The summed E-state index contributed by atoms with van der Waals surface area (Å²) in [6.07, 6.45) is 2.28. The molecule has 2 aliphatic rings. The summed E-state index contributed by atoms with van der Waals surface area (Å²) < 4.78 is 6.25. The first-order valence-corrected chi connectivity index (χ1v) is 8.09. The van der Waals surface area contributed by atoms with Crippen molar-refractivity contribution in [3.63, 3.8) is 0 Å². The number of rotatable bonds is 5. The Morgan fingerprint density at radius 3 is 3.00 bits per heavy atom. The van der Waals surface area contributed by atoms with E-state index in [4.69, 9.17) is 10.5 Å². The van der Waals surface area contributed by atoms with Crippen LogP contribution in [-0.2, 0) is 9.59 Å². The highest BCUT2D eigenvalue weighted by Crippen LogP contribution is 2.34. The lowest BCUT2D eigenvalue weighted by Crippen LogP contribution is -2.47. The molecule has 1 aromatic carbocycles. The maximum absolute atomic E-state index is 12.1. The topological polar surface area (TPSA) is 84.7 Å². The monoisotopic (exact) mass is 367 g/mol. The minimum Gasteiger partial charge on any atom is -0.482 e. The summed E-state index contributed by atoms with van der Waals surface area (Å²) in [5.74, 6) is 0.691. The number of anilines is 1. The van der Waals surface area contributed by atoms with Gasteiger partial charge in [0.05, 0.1) is 5.69 Å². The molecule has 1 fully saturated rings. The SMILES string of the molecule is NC(CNC(=O)CN1C(=O)COc2cc(Br)ccc21)C1CC1. The van der Waals surface area contributed by atoms with Crippen LogP contribution in [-0.4, -0.2) is 37.6 Å². The van der Waals surface area contributed by atoms with Gasteiger partial charge in [0.15, 0.2) is 6.61 Å². The van der Waals surface area contributed by atoms with Crippen LogP contribution in [0.25, 0.3) is 0 Å². The Hall–Kier alpha value is -1.60. The van der Waals surface area contributed by atoms with Crippen molar-refractivity contribution in [2.24, 2.45) is 11.7 Å². The standard InChI is InChI=1S/C15H18BrN3O3/c16-10-3-4-12-13(5-10)22-8-15(21)19(12)7-14(20)18-6-11(17)9-1-2-9/h3-5,9,11H,1-2,6-8,17H2,(H,18,20). The van der Waals surface area contributed by atoms with Gasteiger partial charge in [-0.15, -0.1) is 0 Å². The van der Waals surface area contributed by atoms with Crippen molar-refractivity contribution < 1.29 is 14.3 Å². The molecular formula is C15H18BrN3O3. The second-order valence-electron chi connectivity index (χ2n) is 5.69. The van der Waals surface area contributed by atoms with Crippen LogP contribution in [0, 0.1) is 5.92 Å². The highest BCUT2D eigenvalue weighted by Gasteiger charge is 2.30. The van der Waals surface area contributed by atoms with E-state index >= 15 is 0 Å². The Labute approximate surface area is 137 Å². The summed E-state index contributed by atoms with van der Waals surface area (Å²) in [4.78, 5) is 25.5. The number of carbonyl (C=O) groups excluding carboxylic acids is 2. The second-order valence-corrected chi connectivity index (χ2v) is 6.60. The average Bonchev–Trinajstić information content (AvgIpc) is 3.32. The van der Waals surface area contributed by atoms with Crippen molar-refractivity contribution >= 4 is 33.4 Å². The van der Waals surface area contributed by atoms with Gasteiger partial charge in [0.2, 0.25) is 5.91 Å². The van der Waals surface area contributed by atoms with Crippen LogP contribution in [0.1, 0.15) is 12.8 Å². The molecule has 0 saturated heterocycles. The number of hydrogen-bond acceptors (Lipinski definition) is 4. The molecule has 0 radical (unpaired) electrons. The van der Waals surface area contributed by atoms with E-state index in [-0.39, 0.29) is 31.0 Å². The summed E-state index contributed by atoms with van der Waals surface area (Å²) in [6, 6.07) is 5.37. The quantitative estimate of drug-likeness (QED) is 0.813. The van der Waals surface area contributed by atoms with E-state index in [1.807, 2.05) is 6.07 Å². The molecule has 0 spiro atoms. The number of nitrogens with one attached hydrogen (secondary N) is 1. The molecule has 3 rings (SSSR count). The van der Waals surface area contributed by atoms with Gasteiger partial charge in [-0.2, -0.15) is 0 Å². The number of ether oxygens (including phenoxy) is 1. The van der Waals surface area contributed by atoms with Gasteiger partial charge in [-0.05, 0) is 37.0 Å². The van der Waals surface area contributed by atoms with Crippen molar-refractivity contribution in [3.8, 4) is 5.75 Å². The van der Waals surface area contributed by atoms with E-state index in [0.29, 0.717) is 23.9 Å². The Bertz CT molecular complexity index is 604. The normalized spacial score (nSPS) is 18.5. The molecule has 1 atom stereocenters. The molecule has 0 bridgehead atoms. The summed E-state index contributed by atoms with van der Waals surface area (Å²) in [6.45, 7) is 0.377. The number of fused-ring (bicyclic) bond motifs is 1. The molecule has 7 heteroatoms. The molecule has 1 aromatic rings. The molecule has 6 nitrogen and oxygen atoms in total. The van der Waals surface area contributed by atoms with E-state index in [0.717, 1.165) is 17.3 Å². The fourth-order valence-electron chi connectivity index (χ4n) is 2.47. The van der Waals surface area contributed by atoms with Gasteiger partial charge >= 0.3 is 0 Å². The number of carbonyl (C=O) groups is 2. The van der Waals surface area contributed by atoms with E-state index in [1.54, 1.807) is 12.1 Å². The third-order valence-corrected chi connectivity index (χ3v) is 4.42. The van der Waals surface area contributed by atoms with E-state index in [2.05, 4.69) is 21.2 Å². The van der Waals surface area contributed by atoms with Crippen molar-refractivity contribution in [1.29, 1.82) is 0 Å². The Morgan fingerprint density at radius 1 is 1.50 bits per heavy atom. The van der Waals surface area contributed by atoms with Gasteiger partial charge < -0.3 is 15.8 Å². The van der Waals surface area contributed by atoms with E-state index in [1.165, 1.54) is 4.90 Å². The van der Waals surface area contributed by atoms with Gasteiger partial charge in [0.25, 0.3) is 5.91 Å². The Kier molecular flexibility index (Phi) is 4.35. The zero-order valence-corrected chi connectivity index (χ0v) is 13.6. The smallest absolute Gasteiger partial charge is 0.265 e. The summed E-state index contributed by atoms with van der Waals surface area (Å²) in [5.41, 5.74) is 6.57. The fourth-order valence-corrected chi connectivity index (χ4v) is 2.81. The Balaban J connectivity index is 1.63. The second kappa shape index (κ2) is 6.26. The number of amides is 2. The number of nitrogens with zero attached hydrogens (tertiary/aromatic N) is 1. The van der Waals surface area contributed by atoms with Crippen molar-refractivity contribution in [3.05, 3.63) is 22.7 Å². The summed E-state index contributed by atoms with van der Waals surface area (Å²) in [7, 11) is 0. The molecule has 2 amide bonds. The van der Waals surface area contributed by atoms with E-state index in [9.17, 15) is 9.59 Å². The van der Waals surface area contributed by atoms with Crippen LogP contribution in [0.3, 0.4) is 0 Å². The molecule has 0 aromatic heterocycles. The first kappa shape index (κ1) is 15.3. The van der Waals surface area contributed by atoms with Gasteiger partial charge in [-0.25, -0.2) is 0 Å². The summed E-state index contributed by atoms with van der Waals surface area (Å²) in [5, 5.41) is 2.81. The molecule has 3 N–H and O–H groups in total. The molecule has 1 heterocycles. The lowest BCUT2D eigenvalue weighted by atomic mass is 10.2. The number of halogens is 1. The van der Waals surface area contributed by atoms with E-state index < -0.39 is 0 Å². The van der Waals surface area contributed by atoms with Crippen LogP contribution >= 0.6 is 15.9 Å². The van der Waals surface area contributed by atoms with Crippen molar-refractivity contribution in [2.45, 2.75) is 18.9 Å². The van der Waals surface area contributed by atoms with Crippen LogP contribution < -0.4 is 20.7 Å². The Morgan fingerprint density at radius 2 is 2.27 bits per heavy atom. The van der Waals surface area contributed by atoms with Crippen LogP contribution in [0.15, 0.2) is 22.7 Å². The van der Waals surface area contributed by atoms with Crippen molar-refractivity contribution in [1.82, 2.24) is 5.32 Å². The summed E-state index contributed by atoms with van der Waals surface area (Å²) >= 11 is 3.36. The number of benzene rings is 1. The predicted molar refractivity (Wildman–Crippen MR) is 85.7 cm³/mol. The molecule has 1 aliphatic carbocycles. The molecule has 1 saturated carbocycles. The molecule has 1 unspecified atom stereocenters. The maximum Gasteiger partial charge on any atom is 0.265 e. The highest BCUT2D eigenvalue weighted by molar-refractivity contribution is 9.10. The van der Waals surface area contributed by atoms with Gasteiger partial charge in [-0.3, -0.25) is 14.5 Å². The number of hydrogen-bond donors (Lipinski definition) is 2. The molecule has 1 aliphatic heterocycles. The van der Waals surface area contributed by atoms with Gasteiger partial charge in [0, 0.05) is 17.1 Å². The first-order valence-electron chi connectivity index (χ1n) is 7.29. The molecular weight excluding hydrogens is 350 g/mol. The van der Waals surface area contributed by atoms with Gasteiger partial charge in [-0.1, -0.05) is 15.9 Å². The highest BCUT2D eigenvalue weighted by atomic mass is 79.9. The lowest BCUT2D eigenvalue weighted by Gasteiger charge is -2.29. The number of nitrogens with two attached hydrogens (primary N) is 1. The van der Waals surface area contributed by atoms with Crippen LogP contribution in [0.2, 0.25) is 0 Å². The zero-order valence-electron chi connectivity index (χ0n) is 12.0. The average molecular weight is 368 g/mol. The first-order chi connectivity index (χ1) is 10.5. The van der Waals surface area contributed by atoms with Crippen LogP contribution in [0.5, 0.6) is 5.75 Å². The lowest BCUT2D eigenvalue weighted by molar-refractivity contribution is -0.125. The van der Waals surface area contributed by atoms with Gasteiger partial charge in [0.1, 0.15) is 12.3 Å². The third kappa shape index (κ3) is 3.41. The predicted octanol–water partition coefficient (Wildman–Crippen LogP) is 1.03. The zero-order chi connectivity index (χ0) is 15.7. The largest absolute Gasteiger partial charge is 0.482 e. The maximum atomic E-state index is 12.1.